The van der Waals surface area contributed by atoms with Crippen LogP contribution in [0.5, 0.6) is 11.5 Å². The van der Waals surface area contributed by atoms with Crippen molar-refractivity contribution in [1.29, 1.82) is 0 Å². The minimum Gasteiger partial charge on any atom is -0.504 e. The number of hydrogen-bond donors (Lipinski definition) is 3. The van der Waals surface area contributed by atoms with Gasteiger partial charge in [-0.2, -0.15) is 0 Å². The molecule has 1 aliphatic carbocycles. The lowest BCUT2D eigenvalue weighted by molar-refractivity contribution is 0.288. The third kappa shape index (κ3) is 3.36. The molecule has 0 atom stereocenters. The van der Waals surface area contributed by atoms with Crippen molar-refractivity contribution >= 4 is 0 Å². The summed E-state index contributed by atoms with van der Waals surface area (Å²) in [6.45, 7) is 0.180. The normalized spacial score (nSPS) is 12.9. The SMILES string of the molecule is OCCCc1ccc(-c2ccc(-c3ccc(O)c(O)c3)cc2F)c2c1CCC2. The summed E-state index contributed by atoms with van der Waals surface area (Å²) in [5, 5.41) is 28.3. The third-order valence-electron chi connectivity index (χ3n) is 5.55. The maximum atomic E-state index is 15.0. The summed E-state index contributed by atoms with van der Waals surface area (Å²) in [6, 6.07) is 13.6. The van der Waals surface area contributed by atoms with Crippen molar-refractivity contribution in [3.63, 3.8) is 0 Å². The van der Waals surface area contributed by atoms with Crippen LogP contribution in [0, 0.1) is 5.82 Å². The van der Waals surface area contributed by atoms with E-state index in [0.29, 0.717) is 16.7 Å². The highest BCUT2D eigenvalue weighted by molar-refractivity contribution is 5.75. The quantitative estimate of drug-likeness (QED) is 0.549. The summed E-state index contributed by atoms with van der Waals surface area (Å²) >= 11 is 0. The molecule has 0 unspecified atom stereocenters. The molecule has 0 aromatic heterocycles. The average molecular weight is 378 g/mol. The molecular formula is C24H23FO3. The molecule has 3 N–H and O–H groups in total. The van der Waals surface area contributed by atoms with E-state index in [1.165, 1.54) is 34.9 Å². The summed E-state index contributed by atoms with van der Waals surface area (Å²) in [5.41, 5.74) is 6.62. The first-order valence-corrected chi connectivity index (χ1v) is 9.65. The minimum absolute atomic E-state index is 0.180. The topological polar surface area (TPSA) is 60.7 Å². The predicted octanol–water partition coefficient (Wildman–Crippen LogP) is 4.98. The molecule has 3 nitrogen and oxygen atoms in total. The van der Waals surface area contributed by atoms with Crippen molar-refractivity contribution in [2.24, 2.45) is 0 Å². The molecule has 28 heavy (non-hydrogen) atoms. The van der Waals surface area contributed by atoms with Crippen molar-refractivity contribution in [3.05, 3.63) is 71.0 Å². The number of benzene rings is 3. The zero-order chi connectivity index (χ0) is 19.7. The van der Waals surface area contributed by atoms with Crippen molar-refractivity contribution in [3.8, 4) is 33.8 Å². The number of hydrogen-bond acceptors (Lipinski definition) is 3. The first-order valence-electron chi connectivity index (χ1n) is 9.65. The van der Waals surface area contributed by atoms with Crippen LogP contribution in [0.4, 0.5) is 4.39 Å². The Morgan fingerprint density at radius 2 is 1.50 bits per heavy atom. The van der Waals surface area contributed by atoms with E-state index < -0.39 is 0 Å². The van der Waals surface area contributed by atoms with Gasteiger partial charge < -0.3 is 15.3 Å². The number of phenols is 2. The highest BCUT2D eigenvalue weighted by Crippen LogP contribution is 2.38. The maximum absolute atomic E-state index is 15.0. The monoisotopic (exact) mass is 378 g/mol. The average Bonchev–Trinajstić information content (AvgIpc) is 3.19. The lowest BCUT2D eigenvalue weighted by atomic mass is 9.91. The summed E-state index contributed by atoms with van der Waals surface area (Å²) < 4.78 is 15.0. The minimum atomic E-state index is -0.303. The van der Waals surface area contributed by atoms with Gasteiger partial charge in [0.25, 0.3) is 0 Å². The molecule has 0 radical (unpaired) electrons. The number of aliphatic hydroxyl groups excluding tert-OH is 1. The molecule has 0 spiro atoms. The van der Waals surface area contributed by atoms with Crippen LogP contribution in [0.2, 0.25) is 0 Å². The Kier molecular flexibility index (Phi) is 5.05. The molecular weight excluding hydrogens is 355 g/mol. The van der Waals surface area contributed by atoms with Crippen LogP contribution >= 0.6 is 0 Å². The third-order valence-corrected chi connectivity index (χ3v) is 5.55. The fourth-order valence-electron chi connectivity index (χ4n) is 4.15. The van der Waals surface area contributed by atoms with E-state index in [1.807, 2.05) is 12.1 Å². The van der Waals surface area contributed by atoms with E-state index in [9.17, 15) is 10.2 Å². The van der Waals surface area contributed by atoms with Gasteiger partial charge >= 0.3 is 0 Å². The van der Waals surface area contributed by atoms with Crippen LogP contribution in [0.1, 0.15) is 29.5 Å². The Labute approximate surface area is 163 Å². The van der Waals surface area contributed by atoms with Crippen LogP contribution in [-0.4, -0.2) is 21.9 Å². The Morgan fingerprint density at radius 3 is 2.25 bits per heavy atom. The Balaban J connectivity index is 1.72. The fourth-order valence-corrected chi connectivity index (χ4v) is 4.15. The maximum Gasteiger partial charge on any atom is 0.158 e. The first kappa shape index (κ1) is 18.5. The Hall–Kier alpha value is -2.85. The molecule has 0 amide bonds. The van der Waals surface area contributed by atoms with Crippen LogP contribution in [0.25, 0.3) is 22.3 Å². The second-order valence-corrected chi connectivity index (χ2v) is 7.31. The van der Waals surface area contributed by atoms with Gasteiger partial charge in [0.1, 0.15) is 5.82 Å². The van der Waals surface area contributed by atoms with Gasteiger partial charge in [-0.05, 0) is 83.7 Å². The van der Waals surface area contributed by atoms with Crippen LogP contribution in [0.15, 0.2) is 48.5 Å². The van der Waals surface area contributed by atoms with E-state index in [1.54, 1.807) is 12.1 Å². The molecule has 0 saturated heterocycles. The number of rotatable bonds is 5. The van der Waals surface area contributed by atoms with E-state index >= 15 is 4.39 Å². The molecule has 4 rings (SSSR count). The van der Waals surface area contributed by atoms with Gasteiger partial charge in [-0.25, -0.2) is 4.39 Å². The van der Waals surface area contributed by atoms with E-state index in [4.69, 9.17) is 5.11 Å². The highest BCUT2D eigenvalue weighted by atomic mass is 19.1. The number of aromatic hydroxyl groups is 2. The molecule has 0 bridgehead atoms. The molecule has 0 heterocycles. The van der Waals surface area contributed by atoms with Gasteiger partial charge in [0, 0.05) is 12.2 Å². The number of aliphatic hydroxyl groups is 1. The van der Waals surface area contributed by atoms with Gasteiger partial charge in [-0.1, -0.05) is 30.3 Å². The molecule has 144 valence electrons. The second-order valence-electron chi connectivity index (χ2n) is 7.31. The smallest absolute Gasteiger partial charge is 0.158 e. The highest BCUT2D eigenvalue weighted by Gasteiger charge is 2.21. The van der Waals surface area contributed by atoms with Crippen LogP contribution < -0.4 is 0 Å². The van der Waals surface area contributed by atoms with Gasteiger partial charge in [-0.15, -0.1) is 0 Å². The zero-order valence-electron chi connectivity index (χ0n) is 15.6. The van der Waals surface area contributed by atoms with Crippen molar-refractivity contribution in [1.82, 2.24) is 0 Å². The second kappa shape index (κ2) is 7.64. The van der Waals surface area contributed by atoms with Crippen LogP contribution in [-0.2, 0) is 19.3 Å². The Morgan fingerprint density at radius 1 is 0.786 bits per heavy atom. The van der Waals surface area contributed by atoms with E-state index in [0.717, 1.165) is 37.7 Å². The van der Waals surface area contributed by atoms with Gasteiger partial charge in [-0.3, -0.25) is 0 Å². The number of halogens is 1. The van der Waals surface area contributed by atoms with Gasteiger partial charge in [0.05, 0.1) is 0 Å². The summed E-state index contributed by atoms with van der Waals surface area (Å²) in [4.78, 5) is 0. The Bertz CT molecular complexity index is 1030. The summed E-state index contributed by atoms with van der Waals surface area (Å²) in [5.74, 6) is -0.724. The largest absolute Gasteiger partial charge is 0.504 e. The molecule has 3 aromatic carbocycles. The first-order chi connectivity index (χ1) is 13.6. The lowest BCUT2D eigenvalue weighted by Crippen LogP contribution is -1.99. The molecule has 3 aromatic rings. The van der Waals surface area contributed by atoms with Crippen molar-refractivity contribution in [2.75, 3.05) is 6.61 Å². The lowest BCUT2D eigenvalue weighted by Gasteiger charge is -2.15. The number of fused-ring (bicyclic) bond motifs is 1. The zero-order valence-corrected chi connectivity index (χ0v) is 15.6. The molecule has 4 heteroatoms. The van der Waals surface area contributed by atoms with Crippen molar-refractivity contribution in [2.45, 2.75) is 32.1 Å². The van der Waals surface area contributed by atoms with E-state index in [2.05, 4.69) is 6.07 Å². The number of phenolic OH excluding ortho intramolecular Hbond substituents is 2. The standard InChI is InChI=1S/C24H23FO3/c25-22-13-16(17-8-11-23(27)24(28)14-17)7-10-21(22)20-9-6-15(3-2-12-26)18-4-1-5-19(18)20/h6-11,13-14,26-28H,1-5,12H2. The molecule has 0 fully saturated rings. The number of aryl methyl sites for hydroxylation is 1. The summed E-state index contributed by atoms with van der Waals surface area (Å²) in [6.07, 6.45) is 4.63. The molecule has 1 aliphatic rings. The van der Waals surface area contributed by atoms with Crippen molar-refractivity contribution < 1.29 is 19.7 Å². The molecule has 0 aliphatic heterocycles. The van der Waals surface area contributed by atoms with E-state index in [-0.39, 0.29) is 23.9 Å². The van der Waals surface area contributed by atoms with Gasteiger partial charge in [0.15, 0.2) is 11.5 Å². The fraction of sp³-hybridized carbons (Fsp3) is 0.250. The predicted molar refractivity (Wildman–Crippen MR) is 108 cm³/mol. The van der Waals surface area contributed by atoms with Gasteiger partial charge in [0.2, 0.25) is 0 Å². The van der Waals surface area contributed by atoms with Crippen LogP contribution in [0.3, 0.4) is 0 Å². The summed E-state index contributed by atoms with van der Waals surface area (Å²) in [7, 11) is 0. The molecule has 0 saturated carbocycles.